The zero-order valence-electron chi connectivity index (χ0n) is 11.7. The van der Waals surface area contributed by atoms with Gasteiger partial charge in [-0.25, -0.2) is 0 Å². The molecule has 0 heterocycles. The molecule has 0 atom stereocenters. The first-order valence-electron chi connectivity index (χ1n) is 5.60. The Morgan fingerprint density at radius 1 is 0.667 bits per heavy atom. The van der Waals surface area contributed by atoms with Crippen LogP contribution < -0.4 is 0 Å². The third kappa shape index (κ3) is 2.94. The Bertz CT molecular complexity index is 162. The van der Waals surface area contributed by atoms with E-state index >= 15 is 0 Å². The third-order valence-corrected chi connectivity index (χ3v) is 3.65. The van der Waals surface area contributed by atoms with Gasteiger partial charge in [-0.15, -0.1) is 0 Å². The topological polar surface area (TPSA) is 18.5 Å². The summed E-state index contributed by atoms with van der Waals surface area (Å²) in [4.78, 5) is 0. The Hall–Kier alpha value is -0.0800. The summed E-state index contributed by atoms with van der Waals surface area (Å²) in [7, 11) is 3.53. The van der Waals surface area contributed by atoms with Crippen LogP contribution in [0.5, 0.6) is 0 Å². The highest BCUT2D eigenvalue weighted by Gasteiger charge is 2.50. The summed E-state index contributed by atoms with van der Waals surface area (Å²) in [5.41, 5.74) is 0.331. The largest absolute Gasteiger partial charge is 0.384 e. The average Bonchev–Trinajstić information content (AvgIpc) is 1.99. The van der Waals surface area contributed by atoms with Crippen molar-refractivity contribution >= 4 is 0 Å². The van der Waals surface area contributed by atoms with Crippen molar-refractivity contribution in [2.75, 3.05) is 27.4 Å². The Morgan fingerprint density at radius 2 is 0.933 bits per heavy atom. The van der Waals surface area contributed by atoms with Crippen molar-refractivity contribution in [1.82, 2.24) is 0 Å². The third-order valence-electron chi connectivity index (χ3n) is 3.65. The molecule has 0 aromatic carbocycles. The van der Waals surface area contributed by atoms with E-state index in [0.717, 1.165) is 13.2 Å². The zero-order valence-corrected chi connectivity index (χ0v) is 11.7. The van der Waals surface area contributed by atoms with Gasteiger partial charge in [0.05, 0.1) is 13.2 Å². The van der Waals surface area contributed by atoms with Gasteiger partial charge in [0.15, 0.2) is 0 Å². The lowest BCUT2D eigenvalue weighted by Crippen LogP contribution is -2.52. The summed E-state index contributed by atoms with van der Waals surface area (Å²) in [6.45, 7) is 15.0. The maximum absolute atomic E-state index is 5.43. The molecule has 0 amide bonds. The van der Waals surface area contributed by atoms with Gasteiger partial charge in [0, 0.05) is 19.6 Å². The van der Waals surface area contributed by atoms with Gasteiger partial charge in [0.25, 0.3) is 0 Å². The smallest absolute Gasteiger partial charge is 0.0550 e. The molecule has 0 aromatic heterocycles. The van der Waals surface area contributed by atoms with Crippen molar-refractivity contribution in [2.45, 2.75) is 41.5 Å². The second-order valence-corrected chi connectivity index (χ2v) is 6.45. The summed E-state index contributed by atoms with van der Waals surface area (Å²) in [6, 6.07) is 0. The number of hydrogen-bond donors (Lipinski definition) is 0. The van der Waals surface area contributed by atoms with Crippen LogP contribution in [0.3, 0.4) is 0 Å². The highest BCUT2D eigenvalue weighted by molar-refractivity contribution is 4.98. The fourth-order valence-corrected chi connectivity index (χ4v) is 2.53. The van der Waals surface area contributed by atoms with Crippen molar-refractivity contribution in [1.29, 1.82) is 0 Å². The number of hydrogen-bond acceptors (Lipinski definition) is 2. The van der Waals surface area contributed by atoms with Crippen LogP contribution in [0.15, 0.2) is 0 Å². The van der Waals surface area contributed by atoms with Gasteiger partial charge >= 0.3 is 0 Å². The lowest BCUT2D eigenvalue weighted by molar-refractivity contribution is -0.128. The second kappa shape index (κ2) is 4.84. The first kappa shape index (κ1) is 14.9. The van der Waals surface area contributed by atoms with Gasteiger partial charge < -0.3 is 9.47 Å². The average molecular weight is 216 g/mol. The standard InChI is InChI=1S/C13H28O2/c1-11(2,3)13(9-14-7,10-15-8)12(4,5)6/h9-10H2,1-8H3. The van der Waals surface area contributed by atoms with Crippen LogP contribution in [0.1, 0.15) is 41.5 Å². The highest BCUT2D eigenvalue weighted by atomic mass is 16.5. The van der Waals surface area contributed by atoms with Crippen LogP contribution in [0, 0.1) is 16.2 Å². The van der Waals surface area contributed by atoms with Gasteiger partial charge in [-0.1, -0.05) is 41.5 Å². The molecule has 0 aliphatic heterocycles. The molecule has 2 nitrogen and oxygen atoms in total. The summed E-state index contributed by atoms with van der Waals surface area (Å²) in [6.07, 6.45) is 0. The molecule has 0 rings (SSSR count). The van der Waals surface area contributed by atoms with Crippen LogP contribution in [0.4, 0.5) is 0 Å². The van der Waals surface area contributed by atoms with Gasteiger partial charge in [0.1, 0.15) is 0 Å². The number of ether oxygens (including phenoxy) is 2. The normalized spacial score (nSPS) is 14.4. The van der Waals surface area contributed by atoms with E-state index in [4.69, 9.17) is 9.47 Å². The molecular formula is C13H28O2. The lowest BCUT2D eigenvalue weighted by Gasteiger charge is -2.52. The lowest BCUT2D eigenvalue weighted by atomic mass is 9.55. The Morgan fingerprint density at radius 3 is 1.07 bits per heavy atom. The van der Waals surface area contributed by atoms with Crippen LogP contribution in [-0.2, 0) is 9.47 Å². The second-order valence-electron chi connectivity index (χ2n) is 6.45. The van der Waals surface area contributed by atoms with E-state index in [1.54, 1.807) is 14.2 Å². The monoisotopic (exact) mass is 216 g/mol. The molecular weight excluding hydrogens is 188 g/mol. The molecule has 92 valence electrons. The summed E-state index contributed by atoms with van der Waals surface area (Å²) >= 11 is 0. The molecule has 0 aliphatic carbocycles. The maximum atomic E-state index is 5.43. The SMILES string of the molecule is COCC(COC)(C(C)(C)C)C(C)(C)C. The van der Waals surface area contributed by atoms with E-state index in [1.165, 1.54) is 0 Å². The molecule has 0 aromatic rings. The van der Waals surface area contributed by atoms with Crippen LogP contribution in [0.25, 0.3) is 0 Å². The zero-order chi connectivity index (χ0) is 12.3. The molecule has 0 saturated heterocycles. The predicted octanol–water partition coefficient (Wildman–Crippen LogP) is 3.36. The number of methoxy groups -OCH3 is 2. The molecule has 0 unspecified atom stereocenters. The molecule has 2 heteroatoms. The summed E-state index contributed by atoms with van der Waals surface area (Å²) < 4.78 is 10.9. The molecule has 15 heavy (non-hydrogen) atoms. The van der Waals surface area contributed by atoms with E-state index in [9.17, 15) is 0 Å². The quantitative estimate of drug-likeness (QED) is 0.717. The van der Waals surface area contributed by atoms with Crippen LogP contribution in [0.2, 0.25) is 0 Å². The van der Waals surface area contributed by atoms with E-state index < -0.39 is 0 Å². The van der Waals surface area contributed by atoms with Crippen molar-refractivity contribution in [3.05, 3.63) is 0 Å². The summed E-state index contributed by atoms with van der Waals surface area (Å²) in [5.74, 6) is 0. The molecule has 0 N–H and O–H groups in total. The van der Waals surface area contributed by atoms with E-state index in [-0.39, 0.29) is 16.2 Å². The van der Waals surface area contributed by atoms with Crippen molar-refractivity contribution < 1.29 is 9.47 Å². The molecule has 0 fully saturated rings. The Labute approximate surface area is 95.3 Å². The molecule has 0 radical (unpaired) electrons. The molecule has 0 bridgehead atoms. The van der Waals surface area contributed by atoms with Crippen LogP contribution in [-0.4, -0.2) is 27.4 Å². The van der Waals surface area contributed by atoms with Crippen molar-refractivity contribution in [3.63, 3.8) is 0 Å². The summed E-state index contributed by atoms with van der Waals surface area (Å²) in [5, 5.41) is 0. The first-order chi connectivity index (χ1) is 6.62. The molecule has 0 saturated carbocycles. The van der Waals surface area contributed by atoms with Crippen molar-refractivity contribution in [3.8, 4) is 0 Å². The van der Waals surface area contributed by atoms with Gasteiger partial charge in [-0.2, -0.15) is 0 Å². The van der Waals surface area contributed by atoms with E-state index in [2.05, 4.69) is 41.5 Å². The van der Waals surface area contributed by atoms with Gasteiger partial charge in [-0.05, 0) is 10.8 Å². The van der Waals surface area contributed by atoms with E-state index in [1.807, 2.05) is 0 Å². The van der Waals surface area contributed by atoms with Crippen LogP contribution >= 0.6 is 0 Å². The minimum Gasteiger partial charge on any atom is -0.384 e. The van der Waals surface area contributed by atoms with E-state index in [0.29, 0.717) is 0 Å². The Balaban J connectivity index is 5.28. The molecule has 0 aliphatic rings. The highest BCUT2D eigenvalue weighted by Crippen LogP contribution is 2.51. The first-order valence-corrected chi connectivity index (χ1v) is 5.60. The van der Waals surface area contributed by atoms with Gasteiger partial charge in [-0.3, -0.25) is 0 Å². The minimum atomic E-state index is 0.0312. The predicted molar refractivity (Wildman–Crippen MR) is 65.1 cm³/mol. The Kier molecular flexibility index (Phi) is 4.81. The molecule has 0 spiro atoms. The number of rotatable bonds is 4. The fourth-order valence-electron chi connectivity index (χ4n) is 2.53. The van der Waals surface area contributed by atoms with Crippen molar-refractivity contribution in [2.24, 2.45) is 16.2 Å². The minimum absolute atomic E-state index is 0.0312. The fraction of sp³-hybridized carbons (Fsp3) is 1.00. The maximum Gasteiger partial charge on any atom is 0.0550 e. The van der Waals surface area contributed by atoms with Gasteiger partial charge in [0.2, 0.25) is 0 Å².